The summed E-state index contributed by atoms with van der Waals surface area (Å²) in [5.41, 5.74) is 2.59. The van der Waals surface area contributed by atoms with E-state index in [0.29, 0.717) is 17.0 Å². The minimum absolute atomic E-state index is 0.221. The van der Waals surface area contributed by atoms with E-state index in [4.69, 9.17) is 4.74 Å². The fraction of sp³-hybridized carbons (Fsp3) is 0.318. The van der Waals surface area contributed by atoms with Crippen LogP contribution in [0.4, 0.5) is 0 Å². The number of aromatic nitrogens is 1. The molecule has 1 aromatic carbocycles. The lowest BCUT2D eigenvalue weighted by atomic mass is 10.0. The van der Waals surface area contributed by atoms with Crippen LogP contribution in [0, 0.1) is 0 Å². The third-order valence-corrected chi connectivity index (χ3v) is 5.26. The Balaban J connectivity index is 1.73. The lowest BCUT2D eigenvalue weighted by Gasteiger charge is -2.29. The molecule has 0 bridgehead atoms. The van der Waals surface area contributed by atoms with Crippen LogP contribution >= 0.6 is 0 Å². The molecule has 144 valence electrons. The van der Waals surface area contributed by atoms with Crippen LogP contribution in [0.2, 0.25) is 0 Å². The first kappa shape index (κ1) is 18.2. The quantitative estimate of drug-likeness (QED) is 0.750. The van der Waals surface area contributed by atoms with E-state index in [1.165, 1.54) is 4.90 Å². The Morgan fingerprint density at radius 1 is 1.00 bits per heavy atom. The van der Waals surface area contributed by atoms with Crippen molar-refractivity contribution in [3.8, 4) is 5.75 Å². The molecule has 28 heavy (non-hydrogen) atoms. The number of amides is 2. The van der Waals surface area contributed by atoms with Gasteiger partial charge in [0.15, 0.2) is 0 Å². The lowest BCUT2D eigenvalue weighted by Crippen LogP contribution is -2.36. The number of ether oxygens (including phenoxy) is 1. The van der Waals surface area contributed by atoms with Gasteiger partial charge in [-0.1, -0.05) is 18.2 Å². The Hall–Kier alpha value is -3.15. The third-order valence-electron chi connectivity index (χ3n) is 5.26. The largest absolute Gasteiger partial charge is 0.497 e. The first-order valence-corrected chi connectivity index (χ1v) is 9.58. The summed E-state index contributed by atoms with van der Waals surface area (Å²) in [4.78, 5) is 34.1. The molecule has 0 N–H and O–H groups in total. The summed E-state index contributed by atoms with van der Waals surface area (Å²) in [5, 5.41) is 0. The first-order chi connectivity index (χ1) is 13.7. The molecule has 4 rings (SSSR count). The molecule has 2 aromatic rings. The molecule has 0 atom stereocenters. The molecule has 0 radical (unpaired) electrons. The van der Waals surface area contributed by atoms with Crippen LogP contribution in [0.1, 0.15) is 30.4 Å². The highest BCUT2D eigenvalue weighted by atomic mass is 16.5. The van der Waals surface area contributed by atoms with Gasteiger partial charge in [0, 0.05) is 25.5 Å². The topological polar surface area (TPSA) is 62.7 Å². The molecule has 1 aromatic heterocycles. The molecule has 2 aliphatic rings. The van der Waals surface area contributed by atoms with Crippen molar-refractivity contribution < 1.29 is 14.3 Å². The number of carbonyl (C=O) groups is 2. The number of carbonyl (C=O) groups excluding carboxylic acids is 2. The van der Waals surface area contributed by atoms with Crippen LogP contribution in [0.15, 0.2) is 54.5 Å². The fourth-order valence-electron chi connectivity index (χ4n) is 3.81. The lowest BCUT2D eigenvalue weighted by molar-refractivity contribution is -0.138. The summed E-state index contributed by atoms with van der Waals surface area (Å²) in [6, 6.07) is 11.0. The van der Waals surface area contributed by atoms with Crippen LogP contribution in [0.3, 0.4) is 0 Å². The third kappa shape index (κ3) is 3.38. The van der Waals surface area contributed by atoms with E-state index in [1.54, 1.807) is 19.5 Å². The van der Waals surface area contributed by atoms with E-state index in [-0.39, 0.29) is 18.4 Å². The second kappa shape index (κ2) is 7.84. The van der Waals surface area contributed by atoms with Crippen molar-refractivity contribution >= 4 is 17.4 Å². The molecule has 2 amide bonds. The van der Waals surface area contributed by atoms with Gasteiger partial charge in [0.2, 0.25) is 0 Å². The van der Waals surface area contributed by atoms with E-state index in [1.807, 2.05) is 36.4 Å². The summed E-state index contributed by atoms with van der Waals surface area (Å²) < 4.78 is 5.23. The summed E-state index contributed by atoms with van der Waals surface area (Å²) in [7, 11) is 1.60. The minimum Gasteiger partial charge on any atom is -0.497 e. The van der Waals surface area contributed by atoms with Gasteiger partial charge in [0.05, 0.1) is 19.2 Å². The molecular formula is C22H23N3O3. The van der Waals surface area contributed by atoms with Gasteiger partial charge in [-0.25, -0.2) is 0 Å². The van der Waals surface area contributed by atoms with Gasteiger partial charge in [-0.15, -0.1) is 0 Å². The van der Waals surface area contributed by atoms with Crippen molar-refractivity contribution in [3.05, 3.63) is 65.6 Å². The summed E-state index contributed by atoms with van der Waals surface area (Å²) in [5.74, 6) is 0.244. The minimum atomic E-state index is -0.250. The summed E-state index contributed by atoms with van der Waals surface area (Å²) in [6.07, 6.45) is 6.58. The Labute approximate surface area is 164 Å². The molecule has 1 saturated heterocycles. The van der Waals surface area contributed by atoms with Crippen molar-refractivity contribution in [1.82, 2.24) is 14.8 Å². The maximum atomic E-state index is 13.3. The molecule has 6 nitrogen and oxygen atoms in total. The zero-order valence-electron chi connectivity index (χ0n) is 15.9. The van der Waals surface area contributed by atoms with Crippen molar-refractivity contribution in [3.63, 3.8) is 0 Å². The molecule has 0 saturated carbocycles. The Kier molecular flexibility index (Phi) is 5.10. The fourth-order valence-corrected chi connectivity index (χ4v) is 3.81. The van der Waals surface area contributed by atoms with Gasteiger partial charge in [-0.3, -0.25) is 19.5 Å². The van der Waals surface area contributed by atoms with Crippen LogP contribution in [-0.2, 0) is 16.1 Å². The average molecular weight is 377 g/mol. The number of nitrogens with zero attached hydrogens (tertiary/aromatic N) is 3. The van der Waals surface area contributed by atoms with E-state index in [0.717, 1.165) is 43.5 Å². The average Bonchev–Trinajstić information content (AvgIpc) is 3.00. The zero-order valence-corrected chi connectivity index (χ0v) is 15.9. The van der Waals surface area contributed by atoms with E-state index in [9.17, 15) is 9.59 Å². The highest BCUT2D eigenvalue weighted by Crippen LogP contribution is 2.34. The molecule has 0 spiro atoms. The molecule has 1 fully saturated rings. The number of benzene rings is 1. The number of hydrogen-bond donors (Lipinski definition) is 0. The number of hydrogen-bond acceptors (Lipinski definition) is 5. The van der Waals surface area contributed by atoms with E-state index >= 15 is 0 Å². The van der Waals surface area contributed by atoms with E-state index in [2.05, 4.69) is 9.88 Å². The number of imide groups is 1. The van der Waals surface area contributed by atoms with Gasteiger partial charge in [-0.2, -0.15) is 0 Å². The summed E-state index contributed by atoms with van der Waals surface area (Å²) >= 11 is 0. The molecule has 3 heterocycles. The number of piperidine rings is 1. The normalized spacial score (nSPS) is 17.5. The smallest absolute Gasteiger partial charge is 0.278 e. The highest BCUT2D eigenvalue weighted by Gasteiger charge is 2.41. The predicted molar refractivity (Wildman–Crippen MR) is 105 cm³/mol. The van der Waals surface area contributed by atoms with Crippen molar-refractivity contribution in [1.29, 1.82) is 0 Å². The maximum Gasteiger partial charge on any atom is 0.278 e. The van der Waals surface area contributed by atoms with E-state index < -0.39 is 0 Å². The van der Waals surface area contributed by atoms with Gasteiger partial charge in [-0.05, 0) is 48.6 Å². The van der Waals surface area contributed by atoms with Crippen LogP contribution < -0.4 is 4.74 Å². The molecule has 0 unspecified atom stereocenters. The van der Waals surface area contributed by atoms with Crippen molar-refractivity contribution in [2.75, 3.05) is 20.2 Å². The molecule has 6 heteroatoms. The monoisotopic (exact) mass is 377 g/mol. The molecule has 2 aliphatic heterocycles. The zero-order chi connectivity index (χ0) is 19.5. The van der Waals surface area contributed by atoms with Gasteiger partial charge in [0.1, 0.15) is 11.4 Å². The van der Waals surface area contributed by atoms with Crippen LogP contribution in [0.5, 0.6) is 5.75 Å². The number of likely N-dealkylation sites (tertiary alicyclic amines) is 1. The number of pyridine rings is 1. The van der Waals surface area contributed by atoms with Gasteiger partial charge >= 0.3 is 0 Å². The predicted octanol–water partition coefficient (Wildman–Crippen LogP) is 2.86. The van der Waals surface area contributed by atoms with Gasteiger partial charge in [0.25, 0.3) is 11.8 Å². The highest BCUT2D eigenvalue weighted by molar-refractivity contribution is 6.35. The van der Waals surface area contributed by atoms with Gasteiger partial charge < -0.3 is 9.64 Å². The number of methoxy groups -OCH3 is 1. The molecular weight excluding hydrogens is 354 g/mol. The van der Waals surface area contributed by atoms with Crippen molar-refractivity contribution in [2.45, 2.75) is 25.8 Å². The molecule has 0 aliphatic carbocycles. The van der Waals surface area contributed by atoms with Crippen molar-refractivity contribution in [2.24, 2.45) is 0 Å². The maximum absolute atomic E-state index is 13.3. The second-order valence-electron chi connectivity index (χ2n) is 7.06. The second-order valence-corrected chi connectivity index (χ2v) is 7.06. The Morgan fingerprint density at radius 3 is 2.39 bits per heavy atom. The van der Waals surface area contributed by atoms with Crippen LogP contribution in [0.25, 0.3) is 5.57 Å². The first-order valence-electron chi connectivity index (χ1n) is 9.58. The summed E-state index contributed by atoms with van der Waals surface area (Å²) in [6.45, 7) is 1.83. The Bertz CT molecular complexity index is 900. The SMILES string of the molecule is COc1ccc(C2=C(N3CCCCC3)C(=O)N(Cc3cccnc3)C2=O)cc1. The standard InChI is InChI=1S/C22H23N3O3/c1-28-18-9-7-17(8-10-18)19-20(24-12-3-2-4-13-24)22(27)25(21(19)26)15-16-6-5-11-23-14-16/h5-11,14H,2-4,12-13,15H2,1H3. The number of rotatable bonds is 5. The van der Waals surface area contributed by atoms with Crippen LogP contribution in [-0.4, -0.2) is 46.8 Å². The Morgan fingerprint density at radius 2 is 1.75 bits per heavy atom.